The summed E-state index contributed by atoms with van der Waals surface area (Å²) < 4.78 is 4.84. The Labute approximate surface area is 139 Å². The minimum Gasteiger partial charge on any atom is -0.468 e. The first-order valence-corrected chi connectivity index (χ1v) is 8.55. The maximum atomic E-state index is 11.8. The highest BCUT2D eigenvalue weighted by Crippen LogP contribution is 2.40. The molecule has 2 N–H and O–H groups in total. The predicted molar refractivity (Wildman–Crippen MR) is 93.0 cm³/mol. The monoisotopic (exact) mass is 313 g/mol. The Hall–Kier alpha value is -1.79. The van der Waals surface area contributed by atoms with Crippen molar-refractivity contribution in [1.29, 1.82) is 0 Å². The molecule has 0 spiro atoms. The Bertz CT molecular complexity index is 599. The molecular weight excluding hydrogens is 286 g/mol. The topological polar surface area (TPSA) is 52.3 Å². The van der Waals surface area contributed by atoms with Crippen molar-refractivity contribution in [1.82, 2.24) is 0 Å². The SMILES string of the molecule is CCCCCC#Cc1cccc([C@H]2CCC(N)(C(=O)OC)C2)c1. The van der Waals surface area contributed by atoms with Gasteiger partial charge >= 0.3 is 5.97 Å². The molecule has 2 rings (SSSR count). The van der Waals surface area contributed by atoms with Crippen LogP contribution in [0.4, 0.5) is 0 Å². The third kappa shape index (κ3) is 4.59. The highest BCUT2D eigenvalue weighted by atomic mass is 16.5. The van der Waals surface area contributed by atoms with Gasteiger partial charge in [-0.2, -0.15) is 0 Å². The number of ether oxygens (including phenoxy) is 1. The number of carbonyl (C=O) groups excluding carboxylic acids is 1. The molecule has 124 valence electrons. The van der Waals surface area contributed by atoms with Crippen molar-refractivity contribution in [3.63, 3.8) is 0 Å². The summed E-state index contributed by atoms with van der Waals surface area (Å²) in [6, 6.07) is 8.33. The molecule has 0 bridgehead atoms. The maximum absolute atomic E-state index is 11.8. The second kappa shape index (κ2) is 8.17. The molecule has 0 aromatic heterocycles. The Morgan fingerprint density at radius 2 is 2.26 bits per heavy atom. The fourth-order valence-corrected chi connectivity index (χ4v) is 3.25. The molecule has 1 saturated carbocycles. The molecular formula is C20H27NO2. The van der Waals surface area contributed by atoms with Crippen LogP contribution in [0.5, 0.6) is 0 Å². The van der Waals surface area contributed by atoms with Crippen LogP contribution in [0, 0.1) is 11.8 Å². The molecule has 0 heterocycles. The number of carbonyl (C=O) groups is 1. The van der Waals surface area contributed by atoms with Gasteiger partial charge in [0.05, 0.1) is 7.11 Å². The third-order valence-electron chi connectivity index (χ3n) is 4.64. The van der Waals surface area contributed by atoms with Crippen LogP contribution in [0.3, 0.4) is 0 Å². The van der Waals surface area contributed by atoms with E-state index in [0.29, 0.717) is 18.8 Å². The van der Waals surface area contributed by atoms with Gasteiger partial charge in [0.1, 0.15) is 5.54 Å². The quantitative estimate of drug-likeness (QED) is 0.511. The number of nitrogens with two attached hydrogens (primary N) is 1. The third-order valence-corrected chi connectivity index (χ3v) is 4.64. The summed E-state index contributed by atoms with van der Waals surface area (Å²) in [5.74, 6) is 6.51. The van der Waals surface area contributed by atoms with Gasteiger partial charge in [0.15, 0.2) is 0 Å². The highest BCUT2D eigenvalue weighted by Gasteiger charge is 2.43. The van der Waals surface area contributed by atoms with Gasteiger partial charge in [-0.25, -0.2) is 0 Å². The van der Waals surface area contributed by atoms with Crippen LogP contribution in [-0.4, -0.2) is 18.6 Å². The van der Waals surface area contributed by atoms with E-state index >= 15 is 0 Å². The van der Waals surface area contributed by atoms with Crippen LogP contribution in [0.25, 0.3) is 0 Å². The lowest BCUT2D eigenvalue weighted by Gasteiger charge is -2.20. The molecule has 0 radical (unpaired) electrons. The van der Waals surface area contributed by atoms with Crippen LogP contribution < -0.4 is 5.73 Å². The van der Waals surface area contributed by atoms with Crippen molar-refractivity contribution in [3.8, 4) is 11.8 Å². The van der Waals surface area contributed by atoms with E-state index in [1.165, 1.54) is 31.9 Å². The van der Waals surface area contributed by atoms with E-state index in [9.17, 15) is 4.79 Å². The number of unbranched alkanes of at least 4 members (excludes halogenated alkanes) is 3. The smallest absolute Gasteiger partial charge is 0.325 e. The molecule has 1 fully saturated rings. The normalized spacial score (nSPS) is 23.2. The van der Waals surface area contributed by atoms with Crippen LogP contribution >= 0.6 is 0 Å². The zero-order valence-electron chi connectivity index (χ0n) is 14.2. The van der Waals surface area contributed by atoms with Gasteiger partial charge in [0.2, 0.25) is 0 Å². The molecule has 1 aliphatic carbocycles. The van der Waals surface area contributed by atoms with E-state index < -0.39 is 5.54 Å². The first-order chi connectivity index (χ1) is 11.1. The summed E-state index contributed by atoms with van der Waals surface area (Å²) in [7, 11) is 1.40. The molecule has 0 aliphatic heterocycles. The molecule has 1 aliphatic rings. The summed E-state index contributed by atoms with van der Waals surface area (Å²) in [6.07, 6.45) is 6.82. The highest BCUT2D eigenvalue weighted by molar-refractivity contribution is 5.81. The number of methoxy groups -OCH3 is 1. The lowest BCUT2D eigenvalue weighted by molar-refractivity contribution is -0.146. The van der Waals surface area contributed by atoms with Gasteiger partial charge in [-0.1, -0.05) is 43.7 Å². The number of rotatable bonds is 5. The van der Waals surface area contributed by atoms with Gasteiger partial charge in [-0.05, 0) is 49.3 Å². The molecule has 2 atom stereocenters. The summed E-state index contributed by atoms with van der Waals surface area (Å²) in [4.78, 5) is 11.8. The molecule has 1 unspecified atom stereocenters. The second-order valence-electron chi connectivity index (χ2n) is 6.47. The van der Waals surface area contributed by atoms with Gasteiger partial charge in [0, 0.05) is 12.0 Å². The van der Waals surface area contributed by atoms with Crippen molar-refractivity contribution < 1.29 is 9.53 Å². The summed E-state index contributed by atoms with van der Waals surface area (Å²) >= 11 is 0. The number of benzene rings is 1. The van der Waals surface area contributed by atoms with E-state index in [4.69, 9.17) is 10.5 Å². The summed E-state index contributed by atoms with van der Waals surface area (Å²) in [5, 5.41) is 0. The maximum Gasteiger partial charge on any atom is 0.325 e. The van der Waals surface area contributed by atoms with Crippen LogP contribution in [0.15, 0.2) is 24.3 Å². The fourth-order valence-electron chi connectivity index (χ4n) is 3.25. The standard InChI is InChI=1S/C20H27NO2/c1-3-4-5-6-7-9-16-10-8-11-17(14-16)18-12-13-20(21,15-18)19(22)23-2/h8,10-11,14,18H,3-6,12-13,15,21H2,1-2H3/t18-,20?/m0/s1. The first kappa shape index (κ1) is 17.6. The Morgan fingerprint density at radius 1 is 1.43 bits per heavy atom. The molecule has 0 amide bonds. The van der Waals surface area contributed by atoms with E-state index in [0.717, 1.165) is 18.4 Å². The summed E-state index contributed by atoms with van der Waals surface area (Å²) in [6.45, 7) is 2.20. The summed E-state index contributed by atoms with van der Waals surface area (Å²) in [5.41, 5.74) is 7.64. The lowest BCUT2D eigenvalue weighted by atomic mass is 9.92. The van der Waals surface area contributed by atoms with E-state index in [2.05, 4.69) is 30.9 Å². The van der Waals surface area contributed by atoms with E-state index in [-0.39, 0.29) is 5.97 Å². The minimum absolute atomic E-state index is 0.299. The fraction of sp³-hybridized carbons (Fsp3) is 0.550. The zero-order valence-corrected chi connectivity index (χ0v) is 14.2. The Kier molecular flexibility index (Phi) is 6.24. The zero-order chi connectivity index (χ0) is 16.7. The first-order valence-electron chi connectivity index (χ1n) is 8.55. The predicted octanol–water partition coefficient (Wildman–Crippen LogP) is 3.76. The van der Waals surface area contributed by atoms with E-state index in [1.807, 2.05) is 12.1 Å². The molecule has 0 saturated heterocycles. The van der Waals surface area contributed by atoms with Gasteiger partial charge in [-0.15, -0.1) is 0 Å². The van der Waals surface area contributed by atoms with Crippen molar-refractivity contribution in [2.75, 3.05) is 7.11 Å². The molecule has 1 aromatic rings. The van der Waals surface area contributed by atoms with Crippen molar-refractivity contribution in [3.05, 3.63) is 35.4 Å². The second-order valence-corrected chi connectivity index (χ2v) is 6.47. The molecule has 3 heteroatoms. The van der Waals surface area contributed by atoms with Crippen molar-refractivity contribution in [2.45, 2.75) is 63.3 Å². The van der Waals surface area contributed by atoms with Gasteiger partial charge in [0.25, 0.3) is 0 Å². The average molecular weight is 313 g/mol. The van der Waals surface area contributed by atoms with Gasteiger partial charge in [-0.3, -0.25) is 4.79 Å². The average Bonchev–Trinajstić information content (AvgIpc) is 2.98. The van der Waals surface area contributed by atoms with Gasteiger partial charge < -0.3 is 10.5 Å². The van der Waals surface area contributed by atoms with Crippen molar-refractivity contribution in [2.24, 2.45) is 5.73 Å². The number of hydrogen-bond acceptors (Lipinski definition) is 3. The largest absolute Gasteiger partial charge is 0.468 e. The molecule has 1 aromatic carbocycles. The molecule has 3 nitrogen and oxygen atoms in total. The van der Waals surface area contributed by atoms with E-state index in [1.54, 1.807) is 0 Å². The van der Waals surface area contributed by atoms with Crippen LogP contribution in [-0.2, 0) is 9.53 Å². The van der Waals surface area contributed by atoms with Crippen LogP contribution in [0.2, 0.25) is 0 Å². The Morgan fingerprint density at radius 3 is 3.00 bits per heavy atom. The van der Waals surface area contributed by atoms with Crippen molar-refractivity contribution >= 4 is 5.97 Å². The molecule has 23 heavy (non-hydrogen) atoms. The number of esters is 1. The lowest BCUT2D eigenvalue weighted by Crippen LogP contribution is -2.46. The number of hydrogen-bond donors (Lipinski definition) is 1. The minimum atomic E-state index is -0.832. The van der Waals surface area contributed by atoms with Crippen LogP contribution in [0.1, 0.15) is 68.9 Å². The Balaban J connectivity index is 2.02.